The molecule has 82 valence electrons. The quantitative estimate of drug-likeness (QED) is 0.492. The molecule has 0 saturated heterocycles. The predicted molar refractivity (Wildman–Crippen MR) is 58.8 cm³/mol. The highest BCUT2D eigenvalue weighted by Crippen LogP contribution is 2.27. The summed E-state index contributed by atoms with van der Waals surface area (Å²) in [7, 11) is 1.35. The zero-order valence-electron chi connectivity index (χ0n) is 8.07. The highest BCUT2D eigenvalue weighted by molar-refractivity contribution is 7.99. The largest absolute Gasteiger partial charge is 0.469 e. The lowest BCUT2D eigenvalue weighted by Crippen LogP contribution is -2.02. The van der Waals surface area contributed by atoms with Crippen LogP contribution in [-0.2, 0) is 9.53 Å². The molecule has 0 amide bonds. The van der Waals surface area contributed by atoms with Crippen LogP contribution in [0.5, 0.6) is 0 Å². The highest BCUT2D eigenvalue weighted by Gasteiger charge is 2.07. The van der Waals surface area contributed by atoms with E-state index in [4.69, 9.17) is 17.3 Å². The lowest BCUT2D eigenvalue weighted by Gasteiger charge is -2.03. The van der Waals surface area contributed by atoms with Crippen molar-refractivity contribution in [2.75, 3.05) is 18.6 Å². The van der Waals surface area contributed by atoms with E-state index in [1.54, 1.807) is 0 Å². The molecule has 0 atom stereocenters. The fourth-order valence-electron chi connectivity index (χ4n) is 0.807. The number of nitrogens with two attached hydrogens (primary N) is 1. The van der Waals surface area contributed by atoms with Gasteiger partial charge in [-0.15, -0.1) is 11.8 Å². The van der Waals surface area contributed by atoms with Crippen LogP contribution in [-0.4, -0.2) is 28.8 Å². The third-order valence-corrected chi connectivity index (χ3v) is 2.88. The molecule has 0 aromatic carbocycles. The van der Waals surface area contributed by atoms with Crippen molar-refractivity contribution in [3.63, 3.8) is 0 Å². The van der Waals surface area contributed by atoms with Crippen LogP contribution in [0, 0.1) is 0 Å². The second-order valence-electron chi connectivity index (χ2n) is 2.56. The molecule has 1 aromatic rings. The first-order valence-electron chi connectivity index (χ1n) is 4.10. The first-order chi connectivity index (χ1) is 7.15. The first kappa shape index (κ1) is 12.1. The second kappa shape index (κ2) is 5.77. The Morgan fingerprint density at radius 2 is 2.40 bits per heavy atom. The number of nitrogen functional groups attached to an aromatic ring is 1. The van der Waals surface area contributed by atoms with E-state index in [9.17, 15) is 4.79 Å². The molecule has 0 unspecified atom stereocenters. The summed E-state index contributed by atoms with van der Waals surface area (Å²) >= 11 is 7.05. The summed E-state index contributed by atoms with van der Waals surface area (Å²) in [6, 6.07) is 0. The first-order valence-corrected chi connectivity index (χ1v) is 5.47. The van der Waals surface area contributed by atoms with Gasteiger partial charge in [-0.3, -0.25) is 4.79 Å². The van der Waals surface area contributed by atoms with Crippen LogP contribution in [0.2, 0.25) is 5.15 Å². The molecule has 0 saturated carbocycles. The maximum Gasteiger partial charge on any atom is 0.306 e. The van der Waals surface area contributed by atoms with Crippen molar-refractivity contribution in [2.24, 2.45) is 0 Å². The van der Waals surface area contributed by atoms with Gasteiger partial charge in [-0.2, -0.15) is 0 Å². The number of halogens is 1. The third kappa shape index (κ3) is 3.56. The van der Waals surface area contributed by atoms with E-state index in [0.717, 1.165) is 0 Å². The zero-order chi connectivity index (χ0) is 11.3. The van der Waals surface area contributed by atoms with Crippen LogP contribution in [0.15, 0.2) is 11.4 Å². The van der Waals surface area contributed by atoms with Gasteiger partial charge < -0.3 is 10.5 Å². The van der Waals surface area contributed by atoms with E-state index in [1.165, 1.54) is 25.2 Å². The topological polar surface area (TPSA) is 78.1 Å². The standard InChI is InChI=1S/C8H10ClN3O2S/c1-14-5(13)2-3-15-8-6(10)7(9)11-4-12-8/h4H,2-3,10H2,1H3. The minimum atomic E-state index is -0.263. The normalized spacial score (nSPS) is 10.0. The molecule has 5 nitrogen and oxygen atoms in total. The van der Waals surface area contributed by atoms with E-state index in [1.807, 2.05) is 0 Å². The fourth-order valence-corrected chi connectivity index (χ4v) is 1.83. The van der Waals surface area contributed by atoms with Gasteiger partial charge in [0.15, 0.2) is 5.15 Å². The minimum absolute atomic E-state index is 0.227. The molecule has 0 bridgehead atoms. The number of nitrogens with zero attached hydrogens (tertiary/aromatic N) is 2. The van der Waals surface area contributed by atoms with E-state index in [2.05, 4.69) is 14.7 Å². The Morgan fingerprint density at radius 3 is 3.07 bits per heavy atom. The molecule has 15 heavy (non-hydrogen) atoms. The number of carbonyl (C=O) groups is 1. The average molecular weight is 248 g/mol. The highest BCUT2D eigenvalue weighted by atomic mass is 35.5. The van der Waals surface area contributed by atoms with E-state index < -0.39 is 0 Å². The number of thioether (sulfide) groups is 1. The number of carbonyl (C=O) groups excluding carboxylic acids is 1. The lowest BCUT2D eigenvalue weighted by atomic mass is 10.5. The van der Waals surface area contributed by atoms with Gasteiger partial charge in [-0.25, -0.2) is 9.97 Å². The Bertz CT molecular complexity index is 362. The van der Waals surface area contributed by atoms with E-state index in [-0.39, 0.29) is 11.1 Å². The molecule has 1 rings (SSSR count). The van der Waals surface area contributed by atoms with Crippen LogP contribution >= 0.6 is 23.4 Å². The number of rotatable bonds is 4. The van der Waals surface area contributed by atoms with Crippen molar-refractivity contribution < 1.29 is 9.53 Å². The molecular weight excluding hydrogens is 238 g/mol. The van der Waals surface area contributed by atoms with Gasteiger partial charge in [-0.05, 0) is 0 Å². The van der Waals surface area contributed by atoms with Crippen LogP contribution in [0.1, 0.15) is 6.42 Å². The van der Waals surface area contributed by atoms with Crippen LogP contribution in [0.3, 0.4) is 0 Å². The number of aromatic nitrogens is 2. The van der Waals surface area contributed by atoms with Gasteiger partial charge >= 0.3 is 5.97 Å². The number of esters is 1. The molecule has 0 aliphatic carbocycles. The molecule has 2 N–H and O–H groups in total. The van der Waals surface area contributed by atoms with Gasteiger partial charge in [0.1, 0.15) is 17.0 Å². The number of hydrogen-bond acceptors (Lipinski definition) is 6. The predicted octanol–water partition coefficient (Wildman–Crippen LogP) is 1.37. The molecular formula is C8H10ClN3O2S. The van der Waals surface area contributed by atoms with E-state index >= 15 is 0 Å². The number of hydrogen-bond donors (Lipinski definition) is 1. The molecule has 0 radical (unpaired) electrons. The Kier molecular flexibility index (Phi) is 4.64. The van der Waals surface area contributed by atoms with Crippen LogP contribution in [0.4, 0.5) is 5.69 Å². The van der Waals surface area contributed by atoms with Crippen molar-refractivity contribution in [3.05, 3.63) is 11.5 Å². The summed E-state index contributed by atoms with van der Waals surface area (Å²) in [5.74, 6) is 0.283. The molecule has 0 aliphatic rings. The molecule has 1 heterocycles. The molecule has 0 fully saturated rings. The Balaban J connectivity index is 2.51. The van der Waals surface area contributed by atoms with Gasteiger partial charge in [0, 0.05) is 5.75 Å². The molecule has 0 aliphatic heterocycles. The summed E-state index contributed by atoms with van der Waals surface area (Å²) in [6.45, 7) is 0. The Labute approximate surface area is 96.4 Å². The zero-order valence-corrected chi connectivity index (χ0v) is 9.64. The van der Waals surface area contributed by atoms with Crippen LogP contribution in [0.25, 0.3) is 0 Å². The maximum absolute atomic E-state index is 10.8. The second-order valence-corrected chi connectivity index (χ2v) is 4.00. The average Bonchev–Trinajstić information content (AvgIpc) is 2.24. The Hall–Kier alpha value is -1.01. The van der Waals surface area contributed by atoms with E-state index in [0.29, 0.717) is 22.9 Å². The van der Waals surface area contributed by atoms with Crippen LogP contribution < -0.4 is 5.73 Å². The van der Waals surface area contributed by atoms with Crippen molar-refractivity contribution in [1.82, 2.24) is 9.97 Å². The van der Waals surface area contributed by atoms with Gasteiger partial charge in [0.05, 0.1) is 13.5 Å². The third-order valence-electron chi connectivity index (χ3n) is 1.57. The molecule has 7 heteroatoms. The molecule has 1 aromatic heterocycles. The number of anilines is 1. The summed E-state index contributed by atoms with van der Waals surface area (Å²) < 4.78 is 4.50. The molecule has 0 spiro atoms. The monoisotopic (exact) mass is 247 g/mol. The number of methoxy groups -OCH3 is 1. The van der Waals surface area contributed by atoms with Crippen molar-refractivity contribution in [1.29, 1.82) is 0 Å². The van der Waals surface area contributed by atoms with Crippen molar-refractivity contribution in [3.8, 4) is 0 Å². The Morgan fingerprint density at radius 1 is 1.67 bits per heavy atom. The minimum Gasteiger partial charge on any atom is -0.469 e. The van der Waals surface area contributed by atoms with Gasteiger partial charge in [0.25, 0.3) is 0 Å². The van der Waals surface area contributed by atoms with Gasteiger partial charge in [0.2, 0.25) is 0 Å². The summed E-state index contributed by atoms with van der Waals surface area (Å²) in [4.78, 5) is 18.5. The fraction of sp³-hybridized carbons (Fsp3) is 0.375. The lowest BCUT2D eigenvalue weighted by molar-refractivity contribution is -0.140. The summed E-state index contributed by atoms with van der Waals surface area (Å²) in [5.41, 5.74) is 5.98. The smallest absolute Gasteiger partial charge is 0.306 e. The SMILES string of the molecule is COC(=O)CCSc1ncnc(Cl)c1N. The number of ether oxygens (including phenoxy) is 1. The van der Waals surface area contributed by atoms with Crippen molar-refractivity contribution in [2.45, 2.75) is 11.4 Å². The summed E-state index contributed by atoms with van der Waals surface area (Å²) in [5, 5.41) is 0.810. The van der Waals surface area contributed by atoms with Crippen molar-refractivity contribution >= 4 is 35.0 Å². The maximum atomic E-state index is 10.8. The van der Waals surface area contributed by atoms with Gasteiger partial charge in [-0.1, -0.05) is 11.6 Å². The summed E-state index contributed by atoms with van der Waals surface area (Å²) in [6.07, 6.45) is 1.64.